The van der Waals surface area contributed by atoms with Gasteiger partial charge in [-0.05, 0) is 41.1 Å². The van der Waals surface area contributed by atoms with E-state index in [1.807, 2.05) is 22.6 Å². The summed E-state index contributed by atoms with van der Waals surface area (Å²) in [5.74, 6) is -0.410. The highest BCUT2D eigenvalue weighted by molar-refractivity contribution is 14.1. The fraction of sp³-hybridized carbons (Fsp3) is 0.400. The number of pyridine rings is 1. The number of nitrogens with zero attached hydrogens (tertiary/aromatic N) is 1. The smallest absolute Gasteiger partial charge is 0.310 e. The van der Waals surface area contributed by atoms with Gasteiger partial charge in [0.1, 0.15) is 5.69 Å². The summed E-state index contributed by atoms with van der Waals surface area (Å²) >= 11 is 1.91. The van der Waals surface area contributed by atoms with Crippen LogP contribution >= 0.6 is 22.6 Å². The number of alkyl halides is 2. The van der Waals surface area contributed by atoms with Crippen LogP contribution in [0.1, 0.15) is 23.4 Å². The Bertz CT molecular complexity index is 387. The first-order chi connectivity index (χ1) is 7.45. The van der Waals surface area contributed by atoms with Gasteiger partial charge in [-0.15, -0.1) is 0 Å². The molecule has 1 aromatic rings. The number of aromatic nitrogens is 1. The minimum absolute atomic E-state index is 0.0527. The van der Waals surface area contributed by atoms with Crippen LogP contribution in [0.2, 0.25) is 0 Å². The molecular formula is C10H10F2INO2. The molecule has 0 aromatic carbocycles. The van der Waals surface area contributed by atoms with Crippen LogP contribution in [0.5, 0.6) is 0 Å². The zero-order valence-electron chi connectivity index (χ0n) is 8.76. The van der Waals surface area contributed by atoms with Gasteiger partial charge >= 0.3 is 5.97 Å². The summed E-state index contributed by atoms with van der Waals surface area (Å²) in [6, 6.07) is 1.29. The van der Waals surface area contributed by atoms with Crippen molar-refractivity contribution in [1.29, 1.82) is 0 Å². The number of carbonyl (C=O) groups excluding carboxylic acids is 1. The molecule has 0 saturated heterocycles. The minimum atomic E-state index is -2.60. The maximum Gasteiger partial charge on any atom is 0.310 e. The summed E-state index contributed by atoms with van der Waals surface area (Å²) in [6.07, 6.45) is -2.55. The van der Waals surface area contributed by atoms with Crippen molar-refractivity contribution in [2.45, 2.75) is 19.8 Å². The summed E-state index contributed by atoms with van der Waals surface area (Å²) in [5.41, 5.74) is 0.806. The van der Waals surface area contributed by atoms with Crippen molar-refractivity contribution < 1.29 is 18.3 Å². The molecule has 1 aromatic heterocycles. The zero-order chi connectivity index (χ0) is 12.3. The second-order valence-electron chi connectivity index (χ2n) is 3.15. The highest BCUT2D eigenvalue weighted by atomic mass is 127. The molecule has 0 aliphatic rings. The van der Waals surface area contributed by atoms with Gasteiger partial charge in [0.25, 0.3) is 6.43 Å². The predicted molar refractivity (Wildman–Crippen MR) is 62.4 cm³/mol. The standard InChI is InChI=1S/C10H10F2INO2/c1-5-6(3-9(15)16-2)7(13)4-8(14-5)10(11)12/h4,10H,3H2,1-2H3. The number of rotatable bonds is 3. The molecule has 0 radical (unpaired) electrons. The fourth-order valence-corrected chi connectivity index (χ4v) is 2.12. The molecule has 88 valence electrons. The Hall–Kier alpha value is -0.790. The average molecular weight is 341 g/mol. The first-order valence-corrected chi connectivity index (χ1v) is 5.54. The fourth-order valence-electron chi connectivity index (χ4n) is 1.22. The van der Waals surface area contributed by atoms with Gasteiger partial charge < -0.3 is 4.74 Å². The van der Waals surface area contributed by atoms with Crippen LogP contribution in [0.4, 0.5) is 8.78 Å². The van der Waals surface area contributed by atoms with Crippen molar-refractivity contribution in [1.82, 2.24) is 4.98 Å². The van der Waals surface area contributed by atoms with E-state index in [4.69, 9.17) is 0 Å². The predicted octanol–water partition coefficient (Wildman–Crippen LogP) is 2.65. The van der Waals surface area contributed by atoms with Crippen LogP contribution in [0.15, 0.2) is 6.07 Å². The van der Waals surface area contributed by atoms with Gasteiger partial charge in [-0.25, -0.2) is 8.78 Å². The number of esters is 1. The molecule has 0 saturated carbocycles. The molecule has 0 unspecified atom stereocenters. The Morgan fingerprint density at radius 3 is 2.69 bits per heavy atom. The summed E-state index contributed by atoms with van der Waals surface area (Å²) in [4.78, 5) is 14.9. The van der Waals surface area contributed by atoms with E-state index in [1.54, 1.807) is 6.92 Å². The van der Waals surface area contributed by atoms with Crippen LogP contribution < -0.4 is 0 Å². The third-order valence-electron chi connectivity index (χ3n) is 2.07. The van der Waals surface area contributed by atoms with Gasteiger partial charge in [-0.1, -0.05) is 0 Å². The van der Waals surface area contributed by atoms with Crippen LogP contribution in [-0.4, -0.2) is 18.1 Å². The molecule has 0 bridgehead atoms. The van der Waals surface area contributed by atoms with Gasteiger partial charge in [0, 0.05) is 9.26 Å². The average Bonchev–Trinajstić information content (AvgIpc) is 2.22. The van der Waals surface area contributed by atoms with Gasteiger partial charge in [-0.3, -0.25) is 9.78 Å². The van der Waals surface area contributed by atoms with Crippen molar-refractivity contribution in [3.8, 4) is 0 Å². The third kappa shape index (κ3) is 3.10. The molecule has 0 aliphatic heterocycles. The number of aryl methyl sites for hydroxylation is 1. The Labute approximate surface area is 105 Å². The third-order valence-corrected chi connectivity index (χ3v) is 3.03. The highest BCUT2D eigenvalue weighted by Gasteiger charge is 2.16. The van der Waals surface area contributed by atoms with Crippen LogP contribution in [-0.2, 0) is 16.0 Å². The van der Waals surface area contributed by atoms with E-state index in [9.17, 15) is 13.6 Å². The first-order valence-electron chi connectivity index (χ1n) is 4.46. The summed E-state index contributed by atoms with van der Waals surface area (Å²) in [7, 11) is 1.28. The van der Waals surface area contributed by atoms with Gasteiger partial charge in [0.05, 0.1) is 13.5 Å². The SMILES string of the molecule is COC(=O)Cc1c(I)cc(C(F)F)nc1C. The number of ether oxygens (including phenoxy) is 1. The zero-order valence-corrected chi connectivity index (χ0v) is 10.9. The monoisotopic (exact) mass is 341 g/mol. The Balaban J connectivity index is 3.07. The number of halogens is 3. The molecule has 16 heavy (non-hydrogen) atoms. The van der Waals surface area contributed by atoms with Crippen molar-refractivity contribution >= 4 is 28.6 Å². The van der Waals surface area contributed by atoms with E-state index < -0.39 is 12.4 Å². The number of carbonyl (C=O) groups is 1. The van der Waals surface area contributed by atoms with E-state index in [1.165, 1.54) is 13.2 Å². The lowest BCUT2D eigenvalue weighted by atomic mass is 10.1. The molecular weight excluding hydrogens is 331 g/mol. The lowest BCUT2D eigenvalue weighted by Crippen LogP contribution is -2.09. The molecule has 6 heteroatoms. The largest absolute Gasteiger partial charge is 0.469 e. The highest BCUT2D eigenvalue weighted by Crippen LogP contribution is 2.23. The lowest BCUT2D eigenvalue weighted by molar-refractivity contribution is -0.139. The molecule has 1 rings (SSSR count). The topological polar surface area (TPSA) is 39.2 Å². The lowest BCUT2D eigenvalue weighted by Gasteiger charge is -2.09. The molecule has 0 aliphatic carbocycles. The summed E-state index contributed by atoms with van der Waals surface area (Å²) < 4.78 is 30.0. The molecule has 0 amide bonds. The van der Waals surface area contributed by atoms with Gasteiger partial charge in [0.2, 0.25) is 0 Å². The van der Waals surface area contributed by atoms with Gasteiger partial charge in [0.15, 0.2) is 0 Å². The van der Waals surface area contributed by atoms with Crippen molar-refractivity contribution in [2.75, 3.05) is 7.11 Å². The quantitative estimate of drug-likeness (QED) is 0.627. The maximum absolute atomic E-state index is 12.4. The Morgan fingerprint density at radius 1 is 1.62 bits per heavy atom. The normalized spacial score (nSPS) is 10.6. The van der Waals surface area contributed by atoms with Crippen molar-refractivity contribution in [3.63, 3.8) is 0 Å². The van der Waals surface area contributed by atoms with Crippen molar-refractivity contribution in [2.24, 2.45) is 0 Å². The minimum Gasteiger partial charge on any atom is -0.469 e. The second kappa shape index (κ2) is 5.51. The van der Waals surface area contributed by atoms with Crippen LogP contribution in [0.25, 0.3) is 0 Å². The van der Waals surface area contributed by atoms with Crippen LogP contribution in [0.3, 0.4) is 0 Å². The summed E-state index contributed by atoms with van der Waals surface area (Å²) in [5, 5.41) is 0. The summed E-state index contributed by atoms with van der Waals surface area (Å²) in [6.45, 7) is 1.60. The molecule has 0 spiro atoms. The first kappa shape index (κ1) is 13.3. The van der Waals surface area contributed by atoms with E-state index >= 15 is 0 Å². The maximum atomic E-state index is 12.4. The molecule has 3 nitrogen and oxygen atoms in total. The number of methoxy groups -OCH3 is 1. The van der Waals surface area contributed by atoms with E-state index in [0.29, 0.717) is 14.8 Å². The Kier molecular flexibility index (Phi) is 4.57. The molecule has 0 atom stereocenters. The van der Waals surface area contributed by atoms with Gasteiger partial charge in [-0.2, -0.15) is 0 Å². The van der Waals surface area contributed by atoms with Crippen LogP contribution in [0, 0.1) is 10.5 Å². The number of hydrogen-bond acceptors (Lipinski definition) is 3. The number of hydrogen-bond donors (Lipinski definition) is 0. The molecule has 0 fully saturated rings. The van der Waals surface area contributed by atoms with E-state index in [-0.39, 0.29) is 12.1 Å². The molecule has 1 heterocycles. The second-order valence-corrected chi connectivity index (χ2v) is 4.31. The van der Waals surface area contributed by atoms with E-state index in [0.717, 1.165) is 0 Å². The Morgan fingerprint density at radius 2 is 2.25 bits per heavy atom. The van der Waals surface area contributed by atoms with E-state index in [2.05, 4.69) is 9.72 Å². The molecule has 0 N–H and O–H groups in total. The van der Waals surface area contributed by atoms with Crippen molar-refractivity contribution in [3.05, 3.63) is 26.6 Å².